The molecule has 0 aliphatic heterocycles. The molecule has 3 aromatic carbocycles. The standard InChI is InChI=1S/C19H14O/c1-2-16(14-8-4-3-5-9-14)19-17-11-7-6-10-15(17)12-13-18(19)20/h1,3-13,16,20H/t16-/m1/s1. The summed E-state index contributed by atoms with van der Waals surface area (Å²) in [7, 11) is 0. The smallest absolute Gasteiger partial charge is 0.121 e. The summed E-state index contributed by atoms with van der Waals surface area (Å²) in [6.45, 7) is 0. The molecule has 0 aromatic heterocycles. The largest absolute Gasteiger partial charge is 0.508 e. The van der Waals surface area contributed by atoms with Gasteiger partial charge in [-0.25, -0.2) is 0 Å². The van der Waals surface area contributed by atoms with Crippen LogP contribution in [0.3, 0.4) is 0 Å². The number of fused-ring (bicyclic) bond motifs is 1. The Morgan fingerprint density at radius 3 is 2.30 bits per heavy atom. The zero-order valence-electron chi connectivity index (χ0n) is 11.0. The van der Waals surface area contributed by atoms with Crippen LogP contribution in [0.15, 0.2) is 66.7 Å². The average Bonchev–Trinajstić information content (AvgIpc) is 2.51. The summed E-state index contributed by atoms with van der Waals surface area (Å²) < 4.78 is 0. The summed E-state index contributed by atoms with van der Waals surface area (Å²) in [4.78, 5) is 0. The molecule has 0 fully saturated rings. The fourth-order valence-corrected chi connectivity index (χ4v) is 2.58. The van der Waals surface area contributed by atoms with Gasteiger partial charge in [-0.05, 0) is 22.4 Å². The van der Waals surface area contributed by atoms with Gasteiger partial charge in [-0.1, -0.05) is 66.6 Å². The molecule has 1 N–H and O–H groups in total. The molecule has 3 rings (SSSR count). The van der Waals surface area contributed by atoms with Crippen LogP contribution >= 0.6 is 0 Å². The number of phenolic OH excluding ortho intramolecular Hbond substituents is 1. The third-order valence-corrected chi connectivity index (χ3v) is 3.54. The number of hydrogen-bond donors (Lipinski definition) is 1. The molecule has 0 aliphatic rings. The maximum absolute atomic E-state index is 10.3. The predicted molar refractivity (Wildman–Crippen MR) is 82.7 cm³/mol. The Morgan fingerprint density at radius 1 is 0.850 bits per heavy atom. The number of aromatic hydroxyl groups is 1. The van der Waals surface area contributed by atoms with Crippen molar-refractivity contribution in [3.05, 3.63) is 77.9 Å². The Kier molecular flexibility index (Phi) is 3.15. The van der Waals surface area contributed by atoms with Crippen LogP contribution in [0.1, 0.15) is 17.0 Å². The first-order valence-corrected chi connectivity index (χ1v) is 6.53. The van der Waals surface area contributed by atoms with Crippen LogP contribution in [0, 0.1) is 12.3 Å². The molecule has 0 heterocycles. The molecule has 20 heavy (non-hydrogen) atoms. The van der Waals surface area contributed by atoms with E-state index in [2.05, 4.69) is 5.92 Å². The summed E-state index contributed by atoms with van der Waals surface area (Å²) in [5.74, 6) is 2.81. The molecule has 3 aromatic rings. The highest BCUT2D eigenvalue weighted by Crippen LogP contribution is 2.36. The van der Waals surface area contributed by atoms with Crippen LogP contribution < -0.4 is 0 Å². The predicted octanol–water partition coefficient (Wildman–Crippen LogP) is 4.31. The summed E-state index contributed by atoms with van der Waals surface area (Å²) in [6, 6.07) is 21.5. The van der Waals surface area contributed by atoms with Gasteiger partial charge < -0.3 is 5.11 Å². The van der Waals surface area contributed by atoms with Gasteiger partial charge in [-0.15, -0.1) is 6.42 Å². The zero-order valence-corrected chi connectivity index (χ0v) is 11.0. The molecule has 0 radical (unpaired) electrons. The van der Waals surface area contributed by atoms with Gasteiger partial charge >= 0.3 is 0 Å². The topological polar surface area (TPSA) is 20.2 Å². The molecule has 0 spiro atoms. The normalized spacial score (nSPS) is 11.9. The molecule has 96 valence electrons. The SMILES string of the molecule is C#C[C@H](c1ccccc1)c1c(O)ccc2ccccc12. The van der Waals surface area contributed by atoms with E-state index in [9.17, 15) is 5.11 Å². The summed E-state index contributed by atoms with van der Waals surface area (Å²) in [5, 5.41) is 12.4. The van der Waals surface area contributed by atoms with Crippen molar-refractivity contribution in [1.82, 2.24) is 0 Å². The number of terminal acetylenes is 1. The van der Waals surface area contributed by atoms with E-state index in [0.29, 0.717) is 0 Å². The number of hydrogen-bond acceptors (Lipinski definition) is 1. The van der Waals surface area contributed by atoms with Gasteiger partial charge in [0.2, 0.25) is 0 Å². The monoisotopic (exact) mass is 258 g/mol. The van der Waals surface area contributed by atoms with Gasteiger partial charge in [0.1, 0.15) is 5.75 Å². The van der Waals surface area contributed by atoms with Crippen molar-refractivity contribution in [2.45, 2.75) is 5.92 Å². The number of benzene rings is 3. The van der Waals surface area contributed by atoms with Crippen molar-refractivity contribution < 1.29 is 5.11 Å². The minimum atomic E-state index is -0.248. The van der Waals surface area contributed by atoms with Crippen LogP contribution in [0.25, 0.3) is 10.8 Å². The second-order valence-corrected chi connectivity index (χ2v) is 4.73. The third-order valence-electron chi connectivity index (χ3n) is 3.54. The molecule has 0 saturated heterocycles. The summed E-state index contributed by atoms with van der Waals surface area (Å²) in [6.07, 6.45) is 5.74. The molecule has 0 amide bonds. The van der Waals surface area contributed by atoms with Gasteiger partial charge in [0.05, 0.1) is 5.92 Å². The highest BCUT2D eigenvalue weighted by molar-refractivity contribution is 5.89. The van der Waals surface area contributed by atoms with Gasteiger partial charge in [0.15, 0.2) is 0 Å². The first-order valence-electron chi connectivity index (χ1n) is 6.53. The van der Waals surface area contributed by atoms with E-state index in [1.807, 2.05) is 60.7 Å². The summed E-state index contributed by atoms with van der Waals surface area (Å²) >= 11 is 0. The van der Waals surface area contributed by atoms with Crippen LogP contribution in [0.4, 0.5) is 0 Å². The van der Waals surface area contributed by atoms with Crippen molar-refractivity contribution in [1.29, 1.82) is 0 Å². The lowest BCUT2D eigenvalue weighted by atomic mass is 9.88. The van der Waals surface area contributed by atoms with Crippen LogP contribution in [0.2, 0.25) is 0 Å². The maximum Gasteiger partial charge on any atom is 0.121 e. The quantitative estimate of drug-likeness (QED) is 0.679. The minimum Gasteiger partial charge on any atom is -0.508 e. The highest BCUT2D eigenvalue weighted by Gasteiger charge is 2.17. The van der Waals surface area contributed by atoms with Crippen LogP contribution in [-0.2, 0) is 0 Å². The molecule has 1 nitrogen and oxygen atoms in total. The van der Waals surface area contributed by atoms with E-state index in [0.717, 1.165) is 21.9 Å². The van der Waals surface area contributed by atoms with Crippen LogP contribution in [0.5, 0.6) is 5.75 Å². The number of rotatable bonds is 2. The van der Waals surface area contributed by atoms with Crippen molar-refractivity contribution in [2.75, 3.05) is 0 Å². The fraction of sp³-hybridized carbons (Fsp3) is 0.0526. The van der Waals surface area contributed by atoms with Gasteiger partial charge in [-0.3, -0.25) is 0 Å². The Bertz CT molecular complexity index is 782. The first kappa shape index (κ1) is 12.3. The molecule has 1 atom stereocenters. The Balaban J connectivity index is 2.28. The van der Waals surface area contributed by atoms with Crippen molar-refractivity contribution in [3.63, 3.8) is 0 Å². The van der Waals surface area contributed by atoms with Gasteiger partial charge in [0.25, 0.3) is 0 Å². The third kappa shape index (κ3) is 2.02. The lowest BCUT2D eigenvalue weighted by Crippen LogP contribution is -1.99. The second-order valence-electron chi connectivity index (χ2n) is 4.73. The lowest BCUT2D eigenvalue weighted by molar-refractivity contribution is 0.469. The molecular weight excluding hydrogens is 244 g/mol. The molecule has 0 unspecified atom stereocenters. The van der Waals surface area contributed by atoms with E-state index in [1.165, 1.54) is 0 Å². The molecular formula is C19H14O. The van der Waals surface area contributed by atoms with E-state index >= 15 is 0 Å². The number of phenols is 1. The minimum absolute atomic E-state index is 0.246. The molecule has 0 aliphatic carbocycles. The van der Waals surface area contributed by atoms with Crippen molar-refractivity contribution in [2.24, 2.45) is 0 Å². The Morgan fingerprint density at radius 2 is 1.55 bits per heavy atom. The van der Waals surface area contributed by atoms with E-state index in [1.54, 1.807) is 6.07 Å². The first-order chi connectivity index (χ1) is 9.81. The van der Waals surface area contributed by atoms with Gasteiger partial charge in [0, 0.05) is 5.56 Å². The fourth-order valence-electron chi connectivity index (χ4n) is 2.58. The van der Waals surface area contributed by atoms with Crippen molar-refractivity contribution >= 4 is 10.8 Å². The molecule has 1 heteroatoms. The maximum atomic E-state index is 10.3. The summed E-state index contributed by atoms with van der Waals surface area (Å²) in [5.41, 5.74) is 1.82. The Hall–Kier alpha value is -2.72. The Labute approximate surface area is 118 Å². The molecule has 0 bridgehead atoms. The van der Waals surface area contributed by atoms with E-state index in [4.69, 9.17) is 6.42 Å². The van der Waals surface area contributed by atoms with Gasteiger partial charge in [-0.2, -0.15) is 0 Å². The van der Waals surface area contributed by atoms with E-state index in [-0.39, 0.29) is 11.7 Å². The van der Waals surface area contributed by atoms with Crippen LogP contribution in [-0.4, -0.2) is 5.11 Å². The lowest BCUT2D eigenvalue weighted by Gasteiger charge is -2.16. The highest BCUT2D eigenvalue weighted by atomic mass is 16.3. The average molecular weight is 258 g/mol. The van der Waals surface area contributed by atoms with E-state index < -0.39 is 0 Å². The second kappa shape index (κ2) is 5.11. The molecule has 0 saturated carbocycles. The van der Waals surface area contributed by atoms with Crippen molar-refractivity contribution in [3.8, 4) is 18.1 Å². The zero-order chi connectivity index (χ0) is 13.9.